The van der Waals surface area contributed by atoms with Gasteiger partial charge in [0.1, 0.15) is 0 Å². The molecule has 1 aliphatic carbocycles. The molecule has 2 aromatic carbocycles. The first-order valence-electron chi connectivity index (χ1n) is 7.60. The first-order chi connectivity index (χ1) is 11.1. The standard InChI is InChI=1S/C18H15ClN2O2/c19-12-6-9-15-14-2-1-3-16(14)18(20-17(15)10-12)11-4-7-13(8-5-11)21(22)23/h1-2,4-10,14,16,18,20H,3H2/t14-,16-,18+/m1/s1. The van der Waals surface area contributed by atoms with Gasteiger partial charge in [-0.1, -0.05) is 42.0 Å². The Labute approximate surface area is 138 Å². The minimum Gasteiger partial charge on any atom is -0.378 e. The molecule has 2 aliphatic rings. The highest BCUT2D eigenvalue weighted by Crippen LogP contribution is 2.50. The normalized spacial score (nSPS) is 24.7. The third-order valence-corrected chi connectivity index (χ3v) is 5.02. The van der Waals surface area contributed by atoms with Gasteiger partial charge in [0.25, 0.3) is 5.69 Å². The van der Waals surface area contributed by atoms with Crippen LogP contribution in [0.3, 0.4) is 0 Å². The summed E-state index contributed by atoms with van der Waals surface area (Å²) in [6.07, 6.45) is 5.48. The summed E-state index contributed by atoms with van der Waals surface area (Å²) in [6.45, 7) is 0. The highest BCUT2D eigenvalue weighted by atomic mass is 35.5. The van der Waals surface area contributed by atoms with Crippen LogP contribution in [0.25, 0.3) is 0 Å². The number of benzene rings is 2. The quantitative estimate of drug-likeness (QED) is 0.476. The Morgan fingerprint density at radius 1 is 1.17 bits per heavy atom. The van der Waals surface area contributed by atoms with E-state index in [9.17, 15) is 10.1 Å². The fourth-order valence-electron chi connectivity index (χ4n) is 3.70. The van der Waals surface area contributed by atoms with Crippen LogP contribution in [0.2, 0.25) is 5.02 Å². The molecule has 0 fully saturated rings. The lowest BCUT2D eigenvalue weighted by Crippen LogP contribution is -2.29. The topological polar surface area (TPSA) is 55.2 Å². The summed E-state index contributed by atoms with van der Waals surface area (Å²) >= 11 is 6.14. The van der Waals surface area contributed by atoms with Crippen molar-refractivity contribution in [1.29, 1.82) is 0 Å². The molecular formula is C18H15ClN2O2. The van der Waals surface area contributed by atoms with E-state index in [2.05, 4.69) is 23.5 Å². The summed E-state index contributed by atoms with van der Waals surface area (Å²) in [6, 6.07) is 12.9. The summed E-state index contributed by atoms with van der Waals surface area (Å²) in [4.78, 5) is 10.5. The zero-order valence-corrected chi connectivity index (χ0v) is 13.0. The van der Waals surface area contributed by atoms with E-state index >= 15 is 0 Å². The number of anilines is 1. The van der Waals surface area contributed by atoms with E-state index < -0.39 is 0 Å². The van der Waals surface area contributed by atoms with Gasteiger partial charge in [0.15, 0.2) is 0 Å². The third kappa shape index (κ3) is 2.39. The van der Waals surface area contributed by atoms with Crippen LogP contribution >= 0.6 is 11.6 Å². The van der Waals surface area contributed by atoms with E-state index in [4.69, 9.17) is 11.6 Å². The number of nitrogens with zero attached hydrogens (tertiary/aromatic N) is 1. The molecule has 0 saturated heterocycles. The lowest BCUT2D eigenvalue weighted by atomic mass is 9.77. The van der Waals surface area contributed by atoms with Gasteiger partial charge in [-0.05, 0) is 35.6 Å². The Bertz CT molecular complexity index is 801. The Hall–Kier alpha value is -2.33. The number of halogens is 1. The van der Waals surface area contributed by atoms with Crippen LogP contribution in [0.1, 0.15) is 29.5 Å². The first-order valence-corrected chi connectivity index (χ1v) is 7.98. The molecule has 116 valence electrons. The maximum Gasteiger partial charge on any atom is 0.269 e. The molecule has 23 heavy (non-hydrogen) atoms. The van der Waals surface area contributed by atoms with Gasteiger partial charge in [-0.3, -0.25) is 10.1 Å². The van der Waals surface area contributed by atoms with Gasteiger partial charge < -0.3 is 5.32 Å². The molecule has 0 amide bonds. The van der Waals surface area contributed by atoms with Crippen LogP contribution < -0.4 is 5.32 Å². The number of hydrogen-bond donors (Lipinski definition) is 1. The smallest absolute Gasteiger partial charge is 0.269 e. The molecular weight excluding hydrogens is 312 g/mol. The van der Waals surface area contributed by atoms with Crippen molar-refractivity contribution in [3.63, 3.8) is 0 Å². The summed E-state index contributed by atoms with van der Waals surface area (Å²) < 4.78 is 0. The molecule has 0 saturated carbocycles. The molecule has 1 heterocycles. The zero-order chi connectivity index (χ0) is 16.0. The number of allylic oxidation sites excluding steroid dienone is 2. The Kier molecular flexibility index (Phi) is 3.34. The van der Waals surface area contributed by atoms with Crippen molar-refractivity contribution in [3.8, 4) is 0 Å². The van der Waals surface area contributed by atoms with E-state index in [-0.39, 0.29) is 16.7 Å². The van der Waals surface area contributed by atoms with E-state index in [1.165, 1.54) is 5.56 Å². The van der Waals surface area contributed by atoms with Crippen molar-refractivity contribution in [3.05, 3.63) is 80.9 Å². The molecule has 4 rings (SSSR count). The van der Waals surface area contributed by atoms with Gasteiger partial charge in [-0.15, -0.1) is 0 Å². The largest absolute Gasteiger partial charge is 0.378 e. The fraction of sp³-hybridized carbons (Fsp3) is 0.222. The molecule has 0 unspecified atom stereocenters. The van der Waals surface area contributed by atoms with Gasteiger partial charge in [-0.25, -0.2) is 0 Å². The van der Waals surface area contributed by atoms with Crippen LogP contribution in [0.5, 0.6) is 0 Å². The molecule has 1 N–H and O–H groups in total. The Balaban J connectivity index is 1.73. The van der Waals surface area contributed by atoms with Gasteiger partial charge >= 0.3 is 0 Å². The number of nitrogens with one attached hydrogen (secondary N) is 1. The minimum atomic E-state index is -0.368. The van der Waals surface area contributed by atoms with Gasteiger partial charge in [-0.2, -0.15) is 0 Å². The van der Waals surface area contributed by atoms with Crippen LogP contribution in [0, 0.1) is 16.0 Å². The lowest BCUT2D eigenvalue weighted by molar-refractivity contribution is -0.384. The maximum absolute atomic E-state index is 10.8. The molecule has 2 aromatic rings. The van der Waals surface area contributed by atoms with Crippen LogP contribution in [-0.2, 0) is 0 Å². The van der Waals surface area contributed by atoms with Crippen molar-refractivity contribution in [2.45, 2.75) is 18.4 Å². The number of hydrogen-bond acceptors (Lipinski definition) is 3. The average Bonchev–Trinajstić information content (AvgIpc) is 3.03. The van der Waals surface area contributed by atoms with Crippen LogP contribution in [0.15, 0.2) is 54.6 Å². The van der Waals surface area contributed by atoms with Gasteiger partial charge in [0, 0.05) is 28.8 Å². The second-order valence-electron chi connectivity index (χ2n) is 6.06. The maximum atomic E-state index is 10.8. The molecule has 4 nitrogen and oxygen atoms in total. The van der Waals surface area contributed by atoms with Crippen molar-refractivity contribution in [2.75, 3.05) is 5.32 Å². The third-order valence-electron chi connectivity index (χ3n) is 4.79. The van der Waals surface area contributed by atoms with Crippen molar-refractivity contribution < 1.29 is 4.92 Å². The SMILES string of the molecule is O=[N+]([O-])c1ccc([C@@H]2Nc3cc(Cl)ccc3[C@H]3C=CC[C@H]32)cc1. The fourth-order valence-corrected chi connectivity index (χ4v) is 3.87. The molecule has 3 atom stereocenters. The number of nitro benzene ring substituents is 1. The average molecular weight is 327 g/mol. The van der Waals surface area contributed by atoms with E-state index in [0.717, 1.165) is 17.7 Å². The lowest BCUT2D eigenvalue weighted by Gasteiger charge is -2.37. The molecule has 0 aromatic heterocycles. The molecule has 0 spiro atoms. The number of fused-ring (bicyclic) bond motifs is 3. The van der Waals surface area contributed by atoms with E-state index in [1.807, 2.05) is 24.3 Å². The van der Waals surface area contributed by atoms with Gasteiger partial charge in [0.05, 0.1) is 11.0 Å². The predicted octanol–water partition coefficient (Wildman–Crippen LogP) is 5.07. The van der Waals surface area contributed by atoms with E-state index in [1.54, 1.807) is 12.1 Å². The Morgan fingerprint density at radius 2 is 1.96 bits per heavy atom. The van der Waals surface area contributed by atoms with Crippen LogP contribution in [-0.4, -0.2) is 4.92 Å². The second-order valence-corrected chi connectivity index (χ2v) is 6.49. The summed E-state index contributed by atoms with van der Waals surface area (Å²) in [5.41, 5.74) is 3.51. The molecule has 5 heteroatoms. The second kappa shape index (κ2) is 5.39. The van der Waals surface area contributed by atoms with Crippen molar-refractivity contribution in [1.82, 2.24) is 0 Å². The molecule has 1 aliphatic heterocycles. The molecule has 0 bridgehead atoms. The summed E-state index contributed by atoms with van der Waals surface area (Å²) in [7, 11) is 0. The number of rotatable bonds is 2. The number of nitro groups is 1. The zero-order valence-electron chi connectivity index (χ0n) is 12.3. The minimum absolute atomic E-state index is 0.120. The Morgan fingerprint density at radius 3 is 2.70 bits per heavy atom. The highest BCUT2D eigenvalue weighted by molar-refractivity contribution is 6.30. The van der Waals surface area contributed by atoms with Crippen molar-refractivity contribution in [2.24, 2.45) is 5.92 Å². The molecule has 0 radical (unpaired) electrons. The monoisotopic (exact) mass is 326 g/mol. The van der Waals surface area contributed by atoms with E-state index in [0.29, 0.717) is 16.9 Å². The summed E-state index contributed by atoms with van der Waals surface area (Å²) in [5.74, 6) is 0.786. The summed E-state index contributed by atoms with van der Waals surface area (Å²) in [5, 5.41) is 15.1. The highest BCUT2D eigenvalue weighted by Gasteiger charge is 2.37. The van der Waals surface area contributed by atoms with Crippen LogP contribution in [0.4, 0.5) is 11.4 Å². The van der Waals surface area contributed by atoms with Gasteiger partial charge in [0.2, 0.25) is 0 Å². The number of non-ortho nitro benzene ring substituents is 1. The first kappa shape index (κ1) is 14.3. The van der Waals surface area contributed by atoms with Crippen molar-refractivity contribution >= 4 is 23.0 Å². The predicted molar refractivity (Wildman–Crippen MR) is 90.9 cm³/mol.